The zero-order chi connectivity index (χ0) is 101. The highest BCUT2D eigenvalue weighted by Gasteiger charge is 2.42. The second kappa shape index (κ2) is 52.1. The number of nitrogen functional groups attached to an aromatic ring is 1. The molecule has 0 amide bonds. The number of benzene rings is 4. The maximum atomic E-state index is 13.5. The molecule has 0 radical (unpaired) electrons. The molecular weight excluding hydrogens is 2070 g/mol. The monoisotopic (exact) mass is 2170 g/mol. The van der Waals surface area contributed by atoms with Gasteiger partial charge in [0.15, 0.2) is 14.2 Å². The van der Waals surface area contributed by atoms with Crippen LogP contribution in [0.2, 0.25) is 0 Å². The topological polar surface area (TPSA) is 413 Å². The molecule has 8 atom stereocenters. The van der Waals surface area contributed by atoms with Gasteiger partial charge < -0.3 is 60.4 Å². The van der Waals surface area contributed by atoms with E-state index in [1.807, 2.05) is 18.6 Å². The number of nitrogens with two attached hydrogens (primary N) is 3. The van der Waals surface area contributed by atoms with Crippen LogP contribution in [-0.4, -0.2) is 104 Å². The van der Waals surface area contributed by atoms with E-state index < -0.39 is 108 Å². The summed E-state index contributed by atoms with van der Waals surface area (Å²) in [6.07, 6.45) is 4.05. The number of carbonyl (C=O) groups excluding carboxylic acids is 1. The number of nitrogens with zero attached hydrogens (tertiary/aromatic N) is 9. The number of alkyl halides is 12. The Labute approximate surface area is 830 Å². The number of allylic oxidation sites excluding steroid dienone is 1. The highest BCUT2D eigenvalue weighted by Crippen LogP contribution is 2.46. The van der Waals surface area contributed by atoms with E-state index in [4.69, 9.17) is 61.4 Å². The summed E-state index contributed by atoms with van der Waals surface area (Å²) in [5.41, 5.74) is 10.0. The van der Waals surface area contributed by atoms with E-state index in [1.54, 1.807) is 65.2 Å². The molecule has 4 aliphatic rings. The van der Waals surface area contributed by atoms with Crippen molar-refractivity contribution in [2.45, 2.75) is 284 Å². The van der Waals surface area contributed by atoms with Crippen molar-refractivity contribution < 1.29 is 109 Å². The van der Waals surface area contributed by atoms with E-state index in [0.717, 1.165) is 156 Å². The summed E-state index contributed by atoms with van der Waals surface area (Å²) in [6.45, 7) is 21.9. The predicted octanol–water partition coefficient (Wildman–Crippen LogP) is 26.7. The Bertz CT molecular complexity index is 5590. The average Bonchev–Trinajstić information content (AvgIpc) is 1.49. The van der Waals surface area contributed by atoms with Crippen LogP contribution in [0.5, 0.6) is 17.2 Å². The first-order valence-corrected chi connectivity index (χ1v) is 49.0. The van der Waals surface area contributed by atoms with Crippen LogP contribution < -0.4 is 42.0 Å². The lowest BCUT2D eigenvalue weighted by Crippen LogP contribution is -2.34. The number of thiazole rings is 3. The zero-order valence-corrected chi connectivity index (χ0v) is 83.8. The van der Waals surface area contributed by atoms with Crippen LogP contribution in [0.15, 0.2) is 152 Å². The molecule has 6 heterocycles. The molecule has 0 unspecified atom stereocenters. The normalized spacial score (nSPS) is 18.5. The van der Waals surface area contributed by atoms with Gasteiger partial charge in [-0.15, -0.1) is 59.0 Å². The number of aliphatic hydroxyl groups excluding tert-OH is 1. The van der Waals surface area contributed by atoms with Crippen molar-refractivity contribution in [1.82, 2.24) is 29.9 Å². The number of hydrogen-bond acceptors (Lipinski definition) is 31. The maximum absolute atomic E-state index is 13.5. The van der Waals surface area contributed by atoms with E-state index in [0.29, 0.717) is 86.1 Å². The molecule has 50 heteroatoms. The molecular formula is C88H104BrCl2F13N14O14S6. The number of anilines is 3. The third kappa shape index (κ3) is 38.7. The highest BCUT2D eigenvalue weighted by molar-refractivity contribution is 9.11. The molecule has 0 bridgehead atoms. The Hall–Kier alpha value is -9.11. The van der Waals surface area contributed by atoms with E-state index in [9.17, 15) is 92.2 Å². The Morgan fingerprint density at radius 3 is 1.14 bits per heavy atom. The minimum atomic E-state index is -4.92. The lowest BCUT2D eigenvalue weighted by Gasteiger charge is -2.30. The molecule has 0 aliphatic heterocycles. The van der Waals surface area contributed by atoms with E-state index in [-0.39, 0.29) is 88.3 Å². The first-order valence-electron chi connectivity index (χ1n) is 42.5. The molecule has 138 heavy (non-hydrogen) atoms. The number of nitro benzene ring substituents is 3. The van der Waals surface area contributed by atoms with Crippen LogP contribution in [0.1, 0.15) is 222 Å². The standard InChI is InChI=1S/C24H27F3N4O4S2.C24H29F3N4O2S2.C13H15F3N2O3.C11H13BrN2OS2.C7H3F4NO2.C6H13NO.C3H3ClO.ClH/c1-23(2,3)19-11-28-20(35-19)13-36-21-12-29-22(37-21)30-14-5-4-6-16(9-14)34-18-8-7-15(31(32)33)10-17(18)24(25,26)27;1-23(2,3)19-11-29-20(33-19)13-34-21-12-30-22(35-21)31-15-5-4-6-16(10-15)32-18-8-7-14(28)9-17(18)24(25,26)27;14-13(15,16)11-7-9(18(19)20)4-5-12(11)21-10-3-1-2-8(17)6-10;1-11(2,3)7-4-13-8(15-7)6-16-9-5-14-10(12)17-9;8-6-2-1-4(12(13)14)3-5(6)7(9,10)11;7-5-2-1-3-6(8)4-5;1-2-3(4)5;/h7-8,10-12,14,16H,4-6,9,13H2,1-3H3,(H,29,30);7-9,11-12,15-16H,4-6,10,13,28H2,1-3H3,(H,30,31);4-5,7-8,10H,1-3,6,17H2;4-5H,6H2,1-3H3;1-3H;5-6,8H,1-4,7H2;2H,1H2;1H/t14-,16-;15-,16-;8-,10-;;;5-,6-;;/m111..1../s1. The third-order valence-corrected chi connectivity index (χ3v) is 27.4. The Morgan fingerprint density at radius 1 is 0.500 bits per heavy atom. The molecule has 4 fully saturated rings. The molecule has 9 N–H and O–H groups in total. The largest absolute Gasteiger partial charge is 0.490 e. The van der Waals surface area contributed by atoms with E-state index in [2.05, 4.69) is 125 Å². The number of thioether (sulfide) groups is 3. The molecule has 4 saturated carbocycles. The fourth-order valence-corrected chi connectivity index (χ4v) is 19.5. The number of nitrogens with one attached hydrogen (secondary N) is 2. The predicted molar refractivity (Wildman–Crippen MR) is 511 cm³/mol. The number of rotatable bonds is 23. The van der Waals surface area contributed by atoms with Crippen molar-refractivity contribution in [3.05, 3.63) is 220 Å². The lowest BCUT2D eigenvalue weighted by atomic mass is 9.93. The van der Waals surface area contributed by atoms with Crippen molar-refractivity contribution in [2.24, 2.45) is 11.5 Å². The number of aliphatic hydroxyl groups is 1. The van der Waals surface area contributed by atoms with Gasteiger partial charge in [-0.2, -0.15) is 52.7 Å². The summed E-state index contributed by atoms with van der Waals surface area (Å²) in [4.78, 5) is 64.4. The van der Waals surface area contributed by atoms with Crippen LogP contribution in [0, 0.1) is 36.2 Å². The molecule has 14 rings (SSSR count). The second-order valence-corrected chi connectivity index (χ2v) is 43.2. The average molecular weight is 2170 g/mol. The minimum absolute atomic E-state index is 0. The van der Waals surface area contributed by atoms with Gasteiger partial charge in [-0.25, -0.2) is 34.3 Å². The van der Waals surface area contributed by atoms with Gasteiger partial charge in [-0.1, -0.05) is 91.6 Å². The second-order valence-electron chi connectivity index (χ2n) is 34.7. The summed E-state index contributed by atoms with van der Waals surface area (Å²) >= 11 is 17.6. The van der Waals surface area contributed by atoms with Crippen molar-refractivity contribution in [1.29, 1.82) is 0 Å². The highest BCUT2D eigenvalue weighted by atomic mass is 79.9. The molecule has 758 valence electrons. The van der Waals surface area contributed by atoms with Crippen molar-refractivity contribution >= 4 is 147 Å². The van der Waals surface area contributed by atoms with Crippen LogP contribution in [-0.2, 0) is 63.0 Å². The number of hydrogen-bond donors (Lipinski definition) is 6. The minimum Gasteiger partial charge on any atom is -0.490 e. The van der Waals surface area contributed by atoms with Crippen molar-refractivity contribution in [3.8, 4) is 17.2 Å². The molecule has 0 saturated heterocycles. The number of oxazole rings is 3. The smallest absolute Gasteiger partial charge is 0.420 e. The van der Waals surface area contributed by atoms with Gasteiger partial charge in [-0.3, -0.25) is 35.1 Å². The van der Waals surface area contributed by atoms with Crippen molar-refractivity contribution in [2.75, 3.05) is 16.4 Å². The van der Waals surface area contributed by atoms with E-state index >= 15 is 0 Å². The van der Waals surface area contributed by atoms with Gasteiger partial charge in [0.05, 0.1) is 99.1 Å². The third-order valence-electron chi connectivity index (χ3n) is 20.4. The number of aromatic nitrogens is 6. The molecule has 4 aliphatic carbocycles. The number of halogens is 16. The van der Waals surface area contributed by atoms with Gasteiger partial charge in [0, 0.05) is 95.3 Å². The Balaban J connectivity index is 0.000000235. The maximum Gasteiger partial charge on any atom is 0.420 e. The Kier molecular flexibility index (Phi) is 43.7. The van der Waals surface area contributed by atoms with Gasteiger partial charge in [0.1, 0.15) is 69.8 Å². The fourth-order valence-electron chi connectivity index (χ4n) is 13.4. The van der Waals surface area contributed by atoms with Crippen LogP contribution in [0.3, 0.4) is 0 Å². The van der Waals surface area contributed by atoms with Gasteiger partial charge in [0.25, 0.3) is 17.1 Å². The van der Waals surface area contributed by atoms with E-state index in [1.165, 1.54) is 34.8 Å². The molecule has 10 aromatic rings. The zero-order valence-electron chi connectivity index (χ0n) is 75.8. The number of nitro groups is 3. The summed E-state index contributed by atoms with van der Waals surface area (Å²) in [7, 11) is 0. The molecule has 0 spiro atoms. The van der Waals surface area contributed by atoms with Gasteiger partial charge in [-0.05, 0) is 160 Å². The summed E-state index contributed by atoms with van der Waals surface area (Å²) in [5.74, 6) is 4.17. The quantitative estimate of drug-likeness (QED) is 0.00659. The number of carbonyl (C=O) groups is 1. The molecule has 4 aromatic carbocycles. The van der Waals surface area contributed by atoms with Crippen LogP contribution >= 0.6 is 109 Å². The summed E-state index contributed by atoms with van der Waals surface area (Å²) in [6, 6.07) is 10.2. The first kappa shape index (κ1) is 116. The van der Waals surface area contributed by atoms with Gasteiger partial charge >= 0.3 is 24.7 Å². The van der Waals surface area contributed by atoms with Crippen LogP contribution in [0.25, 0.3) is 0 Å². The molecule has 6 aromatic heterocycles. The van der Waals surface area contributed by atoms with Crippen molar-refractivity contribution in [3.63, 3.8) is 0 Å². The first-order chi connectivity index (χ1) is 63.9. The lowest BCUT2D eigenvalue weighted by molar-refractivity contribution is -0.385. The Morgan fingerprint density at radius 2 is 0.826 bits per heavy atom. The summed E-state index contributed by atoms with van der Waals surface area (Å²) in [5, 5.41) is 48.4. The van der Waals surface area contributed by atoms with Gasteiger partial charge in [0.2, 0.25) is 22.9 Å². The number of non-ortho nitro benzene ring substituents is 3. The number of ether oxygens (including phenoxy) is 3. The molecule has 28 nitrogen and oxygen atoms in total. The fraction of sp³-hybridized carbons (Fsp3) is 0.489. The van der Waals surface area contributed by atoms with Crippen LogP contribution in [0.4, 0.5) is 90.1 Å². The SMILES string of the molecule is C=CC(=O)Cl.CC(C)(C)c1cnc(CSc2cnc(Br)s2)o1.CC(C)(C)c1cnc(CSc2cnc(N[C@@H]3CCC[C@@H](Oc4ccc(N)cc4C(F)(F)F)C3)s2)o1.CC(C)(C)c1cnc(CSc2cnc(N[C@@H]3CCC[C@@H](Oc4ccc([N+](=O)[O-])cc4C(F)(F)F)C3)s2)o1.Cl.N[C@@H]1CCC[C@@H](O)C1.N[C@@H]1CCC[C@@H](Oc2ccc([N+](=O)[O-])cc2C(F)(F)F)C1.O=[N+]([O-])c1ccc(F)c(C(F)(F)F)c1. The summed E-state index contributed by atoms with van der Waals surface area (Å²) < 4.78 is 207.